The highest BCUT2D eigenvalue weighted by Gasteiger charge is 2.06. The highest BCUT2D eigenvalue weighted by Crippen LogP contribution is 2.27. The van der Waals surface area contributed by atoms with Crippen LogP contribution < -0.4 is 5.32 Å². The monoisotopic (exact) mass is 245 g/mol. The van der Waals surface area contributed by atoms with E-state index in [4.69, 9.17) is 5.11 Å². The molecule has 0 heterocycles. The van der Waals surface area contributed by atoms with Crippen molar-refractivity contribution >= 4 is 11.6 Å². The van der Waals surface area contributed by atoms with E-state index >= 15 is 0 Å². The number of phenols is 1. The molecule has 0 bridgehead atoms. The van der Waals surface area contributed by atoms with Crippen LogP contribution in [0.3, 0.4) is 0 Å². The van der Waals surface area contributed by atoms with Gasteiger partial charge in [0, 0.05) is 24.2 Å². The molecule has 0 spiro atoms. The van der Waals surface area contributed by atoms with Crippen molar-refractivity contribution in [3.63, 3.8) is 0 Å². The van der Waals surface area contributed by atoms with Crippen LogP contribution in [-0.4, -0.2) is 11.0 Å². The Hall–Kier alpha value is -2.36. The van der Waals surface area contributed by atoms with Gasteiger partial charge in [-0.3, -0.25) is 4.79 Å². The minimum absolute atomic E-state index is 0.116. The number of anilines is 1. The average Bonchev–Trinajstić information content (AvgIpc) is 2.28. The Morgan fingerprint density at radius 3 is 2.67 bits per heavy atom. The lowest BCUT2D eigenvalue weighted by atomic mass is 10.0. The first-order valence-electron chi connectivity index (χ1n) is 5.43. The maximum absolute atomic E-state index is 13.7. The zero-order valence-electron chi connectivity index (χ0n) is 9.77. The van der Waals surface area contributed by atoms with Crippen LogP contribution in [0.1, 0.15) is 6.92 Å². The fourth-order valence-electron chi connectivity index (χ4n) is 1.71. The molecule has 0 saturated heterocycles. The molecule has 0 aliphatic carbocycles. The Morgan fingerprint density at radius 1 is 1.22 bits per heavy atom. The third kappa shape index (κ3) is 2.66. The van der Waals surface area contributed by atoms with Crippen LogP contribution in [-0.2, 0) is 4.79 Å². The summed E-state index contributed by atoms with van der Waals surface area (Å²) in [7, 11) is 0. The standard InChI is InChI=1S/C14H12FNO2/c1-9(17)16-11-4-2-3-10(7-11)13-6-5-12(18)8-14(13)15/h2-8,18H,1H3,(H,16,17). The van der Waals surface area contributed by atoms with Crippen molar-refractivity contribution in [1.82, 2.24) is 0 Å². The average molecular weight is 245 g/mol. The van der Waals surface area contributed by atoms with Crippen molar-refractivity contribution in [2.75, 3.05) is 5.32 Å². The lowest BCUT2D eigenvalue weighted by Crippen LogP contribution is -2.05. The fourth-order valence-corrected chi connectivity index (χ4v) is 1.71. The Kier molecular flexibility index (Phi) is 3.28. The van der Waals surface area contributed by atoms with E-state index in [1.807, 2.05) is 0 Å². The molecule has 1 amide bonds. The van der Waals surface area contributed by atoms with Gasteiger partial charge in [-0.05, 0) is 29.8 Å². The normalized spacial score (nSPS) is 10.1. The summed E-state index contributed by atoms with van der Waals surface area (Å²) in [4.78, 5) is 11.0. The lowest BCUT2D eigenvalue weighted by molar-refractivity contribution is -0.114. The van der Waals surface area contributed by atoms with E-state index in [1.165, 1.54) is 19.1 Å². The molecule has 2 rings (SSSR count). The number of nitrogens with one attached hydrogen (secondary N) is 1. The summed E-state index contributed by atoms with van der Waals surface area (Å²) in [5, 5.41) is 11.8. The third-order valence-electron chi connectivity index (χ3n) is 2.45. The van der Waals surface area contributed by atoms with Crippen LogP contribution >= 0.6 is 0 Å². The topological polar surface area (TPSA) is 49.3 Å². The van der Waals surface area contributed by atoms with Crippen molar-refractivity contribution in [2.24, 2.45) is 0 Å². The van der Waals surface area contributed by atoms with E-state index in [1.54, 1.807) is 24.3 Å². The number of rotatable bonds is 2. The van der Waals surface area contributed by atoms with Crippen LogP contribution in [0.15, 0.2) is 42.5 Å². The number of hydrogen-bond acceptors (Lipinski definition) is 2. The molecule has 3 nitrogen and oxygen atoms in total. The van der Waals surface area contributed by atoms with Crippen molar-refractivity contribution in [1.29, 1.82) is 0 Å². The quantitative estimate of drug-likeness (QED) is 0.853. The molecule has 2 N–H and O–H groups in total. The molecular formula is C14H12FNO2. The Morgan fingerprint density at radius 2 is 2.00 bits per heavy atom. The van der Waals surface area contributed by atoms with Crippen LogP contribution in [0.25, 0.3) is 11.1 Å². The van der Waals surface area contributed by atoms with Crippen molar-refractivity contribution in [3.05, 3.63) is 48.3 Å². The van der Waals surface area contributed by atoms with Crippen LogP contribution in [0.4, 0.5) is 10.1 Å². The molecule has 2 aromatic rings. The smallest absolute Gasteiger partial charge is 0.221 e. The molecule has 92 valence electrons. The van der Waals surface area contributed by atoms with Gasteiger partial charge in [0.15, 0.2) is 0 Å². The summed E-state index contributed by atoms with van der Waals surface area (Å²) in [6.45, 7) is 1.41. The molecule has 2 aromatic carbocycles. The number of amides is 1. The minimum atomic E-state index is -0.505. The fraction of sp³-hybridized carbons (Fsp3) is 0.0714. The van der Waals surface area contributed by atoms with E-state index in [0.29, 0.717) is 16.8 Å². The second-order valence-corrected chi connectivity index (χ2v) is 3.93. The number of hydrogen-bond donors (Lipinski definition) is 2. The predicted octanol–water partition coefficient (Wildman–Crippen LogP) is 3.16. The number of halogens is 1. The van der Waals surface area contributed by atoms with Crippen LogP contribution in [0.2, 0.25) is 0 Å². The predicted molar refractivity (Wildman–Crippen MR) is 67.8 cm³/mol. The third-order valence-corrected chi connectivity index (χ3v) is 2.45. The van der Waals surface area contributed by atoms with Crippen molar-refractivity contribution < 1.29 is 14.3 Å². The van der Waals surface area contributed by atoms with Gasteiger partial charge in [-0.1, -0.05) is 12.1 Å². The summed E-state index contributed by atoms with van der Waals surface area (Å²) in [5.74, 6) is -0.803. The molecule has 4 heteroatoms. The zero-order valence-corrected chi connectivity index (χ0v) is 9.77. The number of benzene rings is 2. The molecule has 0 saturated carbocycles. The van der Waals surface area contributed by atoms with Gasteiger partial charge in [0.25, 0.3) is 0 Å². The van der Waals surface area contributed by atoms with Gasteiger partial charge in [-0.15, -0.1) is 0 Å². The highest BCUT2D eigenvalue weighted by molar-refractivity contribution is 5.89. The molecule has 0 radical (unpaired) electrons. The lowest BCUT2D eigenvalue weighted by Gasteiger charge is -2.07. The Bertz CT molecular complexity index is 596. The molecule has 0 atom stereocenters. The first-order valence-corrected chi connectivity index (χ1v) is 5.43. The van der Waals surface area contributed by atoms with Gasteiger partial charge in [0.2, 0.25) is 5.91 Å². The molecular weight excluding hydrogens is 233 g/mol. The molecule has 0 fully saturated rings. The van der Waals surface area contributed by atoms with E-state index in [0.717, 1.165) is 6.07 Å². The zero-order chi connectivity index (χ0) is 13.1. The largest absolute Gasteiger partial charge is 0.508 e. The summed E-state index contributed by atoms with van der Waals surface area (Å²) in [6.07, 6.45) is 0. The van der Waals surface area contributed by atoms with Gasteiger partial charge in [0.1, 0.15) is 11.6 Å². The van der Waals surface area contributed by atoms with E-state index in [9.17, 15) is 9.18 Å². The van der Waals surface area contributed by atoms with Crippen LogP contribution in [0, 0.1) is 5.82 Å². The van der Waals surface area contributed by atoms with Gasteiger partial charge >= 0.3 is 0 Å². The molecule has 0 aliphatic rings. The van der Waals surface area contributed by atoms with Gasteiger partial charge in [-0.2, -0.15) is 0 Å². The van der Waals surface area contributed by atoms with Gasteiger partial charge in [-0.25, -0.2) is 4.39 Å². The first-order chi connectivity index (χ1) is 8.56. The van der Waals surface area contributed by atoms with Crippen molar-refractivity contribution in [2.45, 2.75) is 6.92 Å². The summed E-state index contributed by atoms with van der Waals surface area (Å²) in [5.41, 5.74) is 1.62. The summed E-state index contributed by atoms with van der Waals surface area (Å²) < 4.78 is 13.7. The Balaban J connectivity index is 2.41. The maximum atomic E-state index is 13.7. The van der Waals surface area contributed by atoms with Crippen LogP contribution in [0.5, 0.6) is 5.75 Å². The van der Waals surface area contributed by atoms with Crippen molar-refractivity contribution in [3.8, 4) is 16.9 Å². The molecule has 0 aliphatic heterocycles. The number of aromatic hydroxyl groups is 1. The number of carbonyl (C=O) groups is 1. The second-order valence-electron chi connectivity index (χ2n) is 3.93. The van der Waals surface area contributed by atoms with E-state index in [2.05, 4.69) is 5.32 Å². The maximum Gasteiger partial charge on any atom is 0.221 e. The Labute approximate surface area is 104 Å². The molecule has 0 aromatic heterocycles. The van der Waals surface area contributed by atoms with E-state index in [-0.39, 0.29) is 11.7 Å². The minimum Gasteiger partial charge on any atom is -0.508 e. The first kappa shape index (κ1) is 12.1. The second kappa shape index (κ2) is 4.87. The summed E-state index contributed by atoms with van der Waals surface area (Å²) in [6, 6.07) is 10.8. The number of phenolic OH excluding ortho intramolecular Hbond substituents is 1. The van der Waals surface area contributed by atoms with Gasteiger partial charge in [0.05, 0.1) is 0 Å². The highest BCUT2D eigenvalue weighted by atomic mass is 19.1. The molecule has 0 unspecified atom stereocenters. The SMILES string of the molecule is CC(=O)Nc1cccc(-c2ccc(O)cc2F)c1. The summed E-state index contributed by atoms with van der Waals surface area (Å²) >= 11 is 0. The molecule has 18 heavy (non-hydrogen) atoms. The number of carbonyl (C=O) groups excluding carboxylic acids is 1. The van der Waals surface area contributed by atoms with Gasteiger partial charge < -0.3 is 10.4 Å². The van der Waals surface area contributed by atoms with E-state index < -0.39 is 5.82 Å².